The maximum Gasteiger partial charge on any atom is 0.309 e. The van der Waals surface area contributed by atoms with E-state index in [4.69, 9.17) is 4.43 Å². The summed E-state index contributed by atoms with van der Waals surface area (Å²) < 4.78 is 6.57. The van der Waals surface area contributed by atoms with E-state index >= 15 is 0 Å². The number of rotatable bonds is 32. The summed E-state index contributed by atoms with van der Waals surface area (Å²) >= 11 is 0. The van der Waals surface area contributed by atoms with Gasteiger partial charge in [-0.25, -0.2) is 0 Å². The van der Waals surface area contributed by atoms with Crippen molar-refractivity contribution < 1.29 is 19.4 Å². The van der Waals surface area contributed by atoms with Crippen LogP contribution in [0.1, 0.15) is 195 Å². The van der Waals surface area contributed by atoms with Gasteiger partial charge in [-0.2, -0.15) is 0 Å². The van der Waals surface area contributed by atoms with Gasteiger partial charge in [-0.3, -0.25) is 4.79 Å². The molecule has 45 heavy (non-hydrogen) atoms. The molecule has 3 unspecified atom stereocenters. The summed E-state index contributed by atoms with van der Waals surface area (Å²) in [6.07, 6.45) is 34.1. The summed E-state index contributed by atoms with van der Waals surface area (Å²) in [5.74, 6) is -1.74. The predicted octanol–water partition coefficient (Wildman–Crippen LogP) is 13.0. The highest BCUT2D eigenvalue weighted by Crippen LogP contribution is 2.38. The van der Waals surface area contributed by atoms with Crippen LogP contribution in [0.25, 0.3) is 0 Å². The number of carboxylic acid groups (broad SMARTS) is 1. The molecule has 0 aromatic carbocycles. The van der Waals surface area contributed by atoms with E-state index in [2.05, 4.69) is 59.9 Å². The van der Waals surface area contributed by atoms with Crippen LogP contribution in [0.15, 0.2) is 12.2 Å². The molecule has 0 aliphatic carbocycles. The van der Waals surface area contributed by atoms with Crippen molar-refractivity contribution in [2.75, 3.05) is 6.61 Å². The minimum Gasteiger partial charge on any atom is -0.481 e. The Kier molecular flexibility index (Phi) is 28.0. The number of unbranched alkanes of at least 4 members (excludes halogenated alkanes) is 20. The third kappa shape index (κ3) is 24.2. The van der Waals surface area contributed by atoms with Crippen LogP contribution in [0.4, 0.5) is 0 Å². The second kappa shape index (κ2) is 28.4. The van der Waals surface area contributed by atoms with E-state index in [0.29, 0.717) is 13.0 Å². The molecule has 5 heteroatoms. The third-order valence-corrected chi connectivity index (χ3v) is 14.9. The van der Waals surface area contributed by atoms with Crippen molar-refractivity contribution in [3.05, 3.63) is 12.2 Å². The molecule has 0 rings (SSSR count). The number of hydrogen-bond donors (Lipinski definition) is 2. The van der Waals surface area contributed by atoms with E-state index in [9.17, 15) is 15.0 Å². The smallest absolute Gasteiger partial charge is 0.309 e. The normalized spacial score (nSPS) is 14.7. The zero-order valence-electron chi connectivity index (χ0n) is 31.5. The molecule has 0 saturated carbocycles. The highest BCUT2D eigenvalue weighted by molar-refractivity contribution is 6.74. The summed E-state index contributed by atoms with van der Waals surface area (Å²) in [5, 5.41) is 21.5. The van der Waals surface area contributed by atoms with Crippen LogP contribution in [-0.2, 0) is 9.22 Å². The largest absolute Gasteiger partial charge is 0.481 e. The second-order valence-electron chi connectivity index (χ2n) is 15.6. The van der Waals surface area contributed by atoms with Gasteiger partial charge in [-0.15, -0.1) is 0 Å². The summed E-state index contributed by atoms with van der Waals surface area (Å²) in [4.78, 5) is 12.5. The van der Waals surface area contributed by atoms with Crippen molar-refractivity contribution in [3.63, 3.8) is 0 Å². The fourth-order valence-corrected chi connectivity index (χ4v) is 7.14. The van der Waals surface area contributed by atoms with E-state index in [-0.39, 0.29) is 11.0 Å². The standard InChI is InChI=1S/C40H80O4Si/c1-8-10-12-14-16-18-20-21-22-23-24-26-28-30-32-34-37(41)38(39(42)43)36(35-44-45(6,7)40(3,4)5)33-31-29-27-25-19-17-15-13-11-9-2/h21-22,36-38,41H,8-20,23-35H2,1-7H3,(H,42,43)/b22-21+. The van der Waals surface area contributed by atoms with Gasteiger partial charge in [0, 0.05) is 6.61 Å². The zero-order chi connectivity index (χ0) is 33.8. The molecule has 0 amide bonds. The van der Waals surface area contributed by atoms with Gasteiger partial charge in [0.05, 0.1) is 12.0 Å². The SMILES string of the molecule is CCCCCCCC/C=C/CCCCCCCC(O)C(C(=O)O)C(CCCCCCCCCCCC)CO[Si](C)(C)C(C)(C)C. The van der Waals surface area contributed by atoms with Crippen LogP contribution < -0.4 is 0 Å². The van der Waals surface area contributed by atoms with Crippen LogP contribution in [0.3, 0.4) is 0 Å². The van der Waals surface area contributed by atoms with Gasteiger partial charge >= 0.3 is 5.97 Å². The zero-order valence-corrected chi connectivity index (χ0v) is 32.5. The molecule has 0 fully saturated rings. The van der Waals surface area contributed by atoms with Crippen molar-refractivity contribution in [2.24, 2.45) is 11.8 Å². The number of hydrogen-bond acceptors (Lipinski definition) is 3. The van der Waals surface area contributed by atoms with Gasteiger partial charge in [-0.1, -0.05) is 169 Å². The number of allylic oxidation sites excluding steroid dienone is 2. The molecule has 0 aliphatic heterocycles. The van der Waals surface area contributed by atoms with Crippen LogP contribution in [0, 0.1) is 11.8 Å². The Balaban J connectivity index is 4.60. The molecule has 0 aliphatic rings. The van der Waals surface area contributed by atoms with Crippen LogP contribution in [0.5, 0.6) is 0 Å². The lowest BCUT2D eigenvalue weighted by Gasteiger charge is -2.38. The topological polar surface area (TPSA) is 66.8 Å². The van der Waals surface area contributed by atoms with Gasteiger partial charge in [-0.05, 0) is 62.6 Å². The lowest BCUT2D eigenvalue weighted by Crippen LogP contribution is -2.44. The lowest BCUT2D eigenvalue weighted by atomic mass is 9.82. The number of aliphatic hydroxyl groups is 1. The molecule has 268 valence electrons. The number of aliphatic hydroxyl groups excluding tert-OH is 1. The predicted molar refractivity (Wildman–Crippen MR) is 200 cm³/mol. The molecule has 0 spiro atoms. The van der Waals surface area contributed by atoms with E-state index < -0.39 is 26.3 Å². The first-order chi connectivity index (χ1) is 21.5. The highest BCUT2D eigenvalue weighted by atomic mass is 28.4. The Morgan fingerprint density at radius 2 is 1.02 bits per heavy atom. The summed E-state index contributed by atoms with van der Waals surface area (Å²) in [7, 11) is -2.01. The van der Waals surface area contributed by atoms with Gasteiger partial charge in [0.2, 0.25) is 0 Å². The first-order valence-corrected chi connectivity index (χ1v) is 22.6. The monoisotopic (exact) mass is 653 g/mol. The number of aliphatic carboxylic acids is 1. The minimum absolute atomic E-state index is 0.0791. The van der Waals surface area contributed by atoms with E-state index in [0.717, 1.165) is 44.9 Å². The Bertz CT molecular complexity index is 699. The Hall–Kier alpha value is -0.653. The van der Waals surface area contributed by atoms with Crippen molar-refractivity contribution in [2.45, 2.75) is 219 Å². The molecule has 0 aromatic rings. The molecular formula is C40H80O4Si. The highest BCUT2D eigenvalue weighted by Gasteiger charge is 2.40. The van der Waals surface area contributed by atoms with Gasteiger partial charge < -0.3 is 14.6 Å². The first-order valence-electron chi connectivity index (χ1n) is 19.7. The van der Waals surface area contributed by atoms with Gasteiger partial charge in [0.25, 0.3) is 0 Å². The maximum atomic E-state index is 12.5. The lowest BCUT2D eigenvalue weighted by molar-refractivity contribution is -0.149. The average Bonchev–Trinajstić information content (AvgIpc) is 2.97. The van der Waals surface area contributed by atoms with Crippen LogP contribution in [0.2, 0.25) is 18.1 Å². The molecule has 0 bridgehead atoms. The second-order valence-corrected chi connectivity index (χ2v) is 20.4. The van der Waals surface area contributed by atoms with E-state index in [1.807, 2.05) is 0 Å². The Morgan fingerprint density at radius 3 is 1.42 bits per heavy atom. The van der Waals surface area contributed by atoms with Crippen molar-refractivity contribution in [1.82, 2.24) is 0 Å². The Labute approximate surface area is 283 Å². The fourth-order valence-electron chi connectivity index (χ4n) is 6.08. The maximum absolute atomic E-state index is 12.5. The Morgan fingerprint density at radius 1 is 0.644 bits per heavy atom. The first kappa shape index (κ1) is 44.3. The summed E-state index contributed by atoms with van der Waals surface area (Å²) in [6, 6.07) is 0. The molecule has 3 atom stereocenters. The molecular weight excluding hydrogens is 573 g/mol. The quantitative estimate of drug-likeness (QED) is 0.0431. The van der Waals surface area contributed by atoms with Crippen molar-refractivity contribution in [3.8, 4) is 0 Å². The van der Waals surface area contributed by atoms with E-state index in [1.54, 1.807) is 0 Å². The third-order valence-electron chi connectivity index (χ3n) is 10.4. The molecule has 0 aromatic heterocycles. The molecule has 4 nitrogen and oxygen atoms in total. The minimum atomic E-state index is -2.01. The molecule has 0 saturated heterocycles. The van der Waals surface area contributed by atoms with Gasteiger partial charge in [0.15, 0.2) is 8.32 Å². The molecule has 2 N–H and O–H groups in total. The number of carboxylic acids is 1. The summed E-state index contributed by atoms with van der Waals surface area (Å²) in [6.45, 7) is 16.1. The van der Waals surface area contributed by atoms with Crippen LogP contribution >= 0.6 is 0 Å². The average molecular weight is 653 g/mol. The van der Waals surface area contributed by atoms with E-state index in [1.165, 1.54) is 109 Å². The number of carbonyl (C=O) groups is 1. The van der Waals surface area contributed by atoms with Crippen molar-refractivity contribution in [1.29, 1.82) is 0 Å². The molecule has 0 heterocycles. The van der Waals surface area contributed by atoms with Crippen LogP contribution in [-0.4, -0.2) is 37.2 Å². The fraction of sp³-hybridized carbons (Fsp3) is 0.925. The molecule has 0 radical (unpaired) electrons. The van der Waals surface area contributed by atoms with Crippen molar-refractivity contribution >= 4 is 14.3 Å². The van der Waals surface area contributed by atoms with Gasteiger partial charge in [0.1, 0.15) is 0 Å². The summed E-state index contributed by atoms with van der Waals surface area (Å²) in [5.41, 5.74) is 0.